The lowest BCUT2D eigenvalue weighted by Crippen LogP contribution is -2.24. The summed E-state index contributed by atoms with van der Waals surface area (Å²) < 4.78 is 31.2. The van der Waals surface area contributed by atoms with Gasteiger partial charge in [0.15, 0.2) is 5.82 Å². The molecule has 0 aliphatic carbocycles. The molecular weight excluding hydrogens is 282 g/mol. The van der Waals surface area contributed by atoms with Crippen molar-refractivity contribution in [2.75, 3.05) is 11.9 Å². The standard InChI is InChI=1S/C11H15N5O3S/c1-3-12-10-5-4-9(6-13-10)20(17,18)14-7-11-15-8(2)19-16-11/h4-6,14H,3,7H2,1-2H3,(H,12,13). The molecule has 8 nitrogen and oxygen atoms in total. The monoisotopic (exact) mass is 297 g/mol. The summed E-state index contributed by atoms with van der Waals surface area (Å²) in [5, 5.41) is 6.60. The summed E-state index contributed by atoms with van der Waals surface area (Å²) in [7, 11) is -3.64. The van der Waals surface area contributed by atoms with E-state index in [1.54, 1.807) is 13.0 Å². The Labute approximate surface area is 116 Å². The summed E-state index contributed by atoms with van der Waals surface area (Å²) in [5.41, 5.74) is 0. The van der Waals surface area contributed by atoms with Gasteiger partial charge in [-0.15, -0.1) is 0 Å². The molecule has 0 amide bonds. The second-order valence-corrected chi connectivity index (χ2v) is 5.73. The number of anilines is 1. The highest BCUT2D eigenvalue weighted by Gasteiger charge is 2.15. The maximum Gasteiger partial charge on any atom is 0.242 e. The smallest absolute Gasteiger partial charge is 0.242 e. The van der Waals surface area contributed by atoms with Crippen LogP contribution in [0.25, 0.3) is 0 Å². The Balaban J connectivity index is 2.05. The molecule has 0 aromatic carbocycles. The highest BCUT2D eigenvalue weighted by molar-refractivity contribution is 7.89. The number of hydrogen-bond donors (Lipinski definition) is 2. The zero-order valence-corrected chi connectivity index (χ0v) is 11.9. The number of pyridine rings is 1. The summed E-state index contributed by atoms with van der Waals surface area (Å²) >= 11 is 0. The minimum absolute atomic E-state index is 0.0331. The highest BCUT2D eigenvalue weighted by Crippen LogP contribution is 2.10. The van der Waals surface area contributed by atoms with Crippen molar-refractivity contribution in [3.05, 3.63) is 30.0 Å². The molecule has 2 N–H and O–H groups in total. The molecule has 2 aromatic heterocycles. The Bertz CT molecular complexity index is 666. The molecular formula is C11H15N5O3S. The zero-order valence-electron chi connectivity index (χ0n) is 11.1. The largest absolute Gasteiger partial charge is 0.370 e. The van der Waals surface area contributed by atoms with Crippen LogP contribution in [0.3, 0.4) is 0 Å². The molecule has 0 fully saturated rings. The van der Waals surface area contributed by atoms with E-state index in [4.69, 9.17) is 4.52 Å². The first-order valence-corrected chi connectivity index (χ1v) is 7.48. The number of rotatable bonds is 6. The van der Waals surface area contributed by atoms with Gasteiger partial charge in [0.1, 0.15) is 10.7 Å². The quantitative estimate of drug-likeness (QED) is 0.806. The maximum atomic E-state index is 12.0. The second kappa shape index (κ2) is 5.97. The number of nitrogens with zero attached hydrogens (tertiary/aromatic N) is 3. The van der Waals surface area contributed by atoms with Gasteiger partial charge in [-0.3, -0.25) is 0 Å². The van der Waals surface area contributed by atoms with Crippen LogP contribution in [-0.4, -0.2) is 30.1 Å². The van der Waals surface area contributed by atoms with Crippen molar-refractivity contribution >= 4 is 15.8 Å². The van der Waals surface area contributed by atoms with Gasteiger partial charge in [0.25, 0.3) is 0 Å². The molecule has 0 unspecified atom stereocenters. The van der Waals surface area contributed by atoms with Crippen LogP contribution < -0.4 is 10.0 Å². The van der Waals surface area contributed by atoms with Crippen LogP contribution in [-0.2, 0) is 16.6 Å². The van der Waals surface area contributed by atoms with Crippen molar-refractivity contribution in [1.82, 2.24) is 19.8 Å². The number of aryl methyl sites for hydroxylation is 1. The van der Waals surface area contributed by atoms with Gasteiger partial charge < -0.3 is 9.84 Å². The van der Waals surface area contributed by atoms with Crippen molar-refractivity contribution in [3.63, 3.8) is 0 Å². The van der Waals surface area contributed by atoms with Crippen LogP contribution in [0.1, 0.15) is 18.6 Å². The third-order valence-corrected chi connectivity index (χ3v) is 3.78. The van der Waals surface area contributed by atoms with E-state index >= 15 is 0 Å². The predicted molar refractivity (Wildman–Crippen MR) is 71.5 cm³/mol. The van der Waals surface area contributed by atoms with Crippen molar-refractivity contribution in [2.24, 2.45) is 0 Å². The summed E-state index contributed by atoms with van der Waals surface area (Å²) in [6, 6.07) is 3.09. The minimum atomic E-state index is -3.64. The van der Waals surface area contributed by atoms with E-state index in [1.165, 1.54) is 12.3 Å². The molecule has 0 aliphatic rings. The lowest BCUT2D eigenvalue weighted by Gasteiger charge is -2.06. The number of sulfonamides is 1. The summed E-state index contributed by atoms with van der Waals surface area (Å²) in [6.45, 7) is 4.25. The SMILES string of the molecule is CCNc1ccc(S(=O)(=O)NCc2noc(C)n2)cn1. The van der Waals surface area contributed by atoms with E-state index < -0.39 is 10.0 Å². The summed E-state index contributed by atoms with van der Waals surface area (Å²) in [4.78, 5) is 8.01. The fourth-order valence-corrected chi connectivity index (χ4v) is 2.41. The second-order valence-electron chi connectivity index (χ2n) is 3.96. The highest BCUT2D eigenvalue weighted by atomic mass is 32.2. The molecule has 2 rings (SSSR count). The van der Waals surface area contributed by atoms with E-state index in [9.17, 15) is 8.42 Å². The van der Waals surface area contributed by atoms with Crippen LogP contribution in [0.5, 0.6) is 0 Å². The fraction of sp³-hybridized carbons (Fsp3) is 0.364. The van der Waals surface area contributed by atoms with Gasteiger partial charge in [-0.1, -0.05) is 5.16 Å². The third kappa shape index (κ3) is 3.52. The van der Waals surface area contributed by atoms with Crippen LogP contribution in [0.15, 0.2) is 27.7 Å². The molecule has 0 saturated carbocycles. The van der Waals surface area contributed by atoms with Gasteiger partial charge in [0, 0.05) is 19.7 Å². The van der Waals surface area contributed by atoms with E-state index in [-0.39, 0.29) is 17.3 Å². The molecule has 108 valence electrons. The van der Waals surface area contributed by atoms with Gasteiger partial charge >= 0.3 is 0 Å². The summed E-state index contributed by atoms with van der Waals surface area (Å²) in [6.07, 6.45) is 1.29. The molecule has 0 radical (unpaired) electrons. The Hall–Kier alpha value is -2.00. The van der Waals surface area contributed by atoms with Crippen LogP contribution >= 0.6 is 0 Å². The Morgan fingerprint density at radius 3 is 2.70 bits per heavy atom. The van der Waals surface area contributed by atoms with Crippen LogP contribution in [0.2, 0.25) is 0 Å². The molecule has 0 spiro atoms. The molecule has 0 aliphatic heterocycles. The minimum Gasteiger partial charge on any atom is -0.370 e. The topological polar surface area (TPSA) is 110 Å². The van der Waals surface area contributed by atoms with Gasteiger partial charge in [-0.05, 0) is 19.1 Å². The normalized spacial score (nSPS) is 11.5. The lowest BCUT2D eigenvalue weighted by molar-refractivity contribution is 0.387. The number of hydrogen-bond acceptors (Lipinski definition) is 7. The van der Waals surface area contributed by atoms with Crippen molar-refractivity contribution < 1.29 is 12.9 Å². The summed E-state index contributed by atoms with van der Waals surface area (Å²) in [5.74, 6) is 1.29. The molecule has 0 atom stereocenters. The number of nitrogens with one attached hydrogen (secondary N) is 2. The van der Waals surface area contributed by atoms with Crippen LogP contribution in [0.4, 0.5) is 5.82 Å². The van der Waals surface area contributed by atoms with Crippen molar-refractivity contribution in [2.45, 2.75) is 25.3 Å². The molecule has 0 saturated heterocycles. The lowest BCUT2D eigenvalue weighted by atomic mass is 10.4. The molecule has 2 aromatic rings. The average molecular weight is 297 g/mol. The third-order valence-electron chi connectivity index (χ3n) is 2.39. The molecule has 0 bridgehead atoms. The Kier molecular flexibility index (Phi) is 4.30. The first-order valence-electron chi connectivity index (χ1n) is 6.00. The Morgan fingerprint density at radius 1 is 1.35 bits per heavy atom. The van der Waals surface area contributed by atoms with Crippen molar-refractivity contribution in [3.8, 4) is 0 Å². The van der Waals surface area contributed by atoms with E-state index in [2.05, 4.69) is 25.2 Å². The number of aromatic nitrogens is 3. The fourth-order valence-electron chi connectivity index (χ4n) is 1.48. The first-order chi connectivity index (χ1) is 9.51. The average Bonchev–Trinajstić information content (AvgIpc) is 2.84. The molecule has 20 heavy (non-hydrogen) atoms. The first kappa shape index (κ1) is 14.4. The van der Waals surface area contributed by atoms with Gasteiger partial charge in [-0.25, -0.2) is 18.1 Å². The Morgan fingerprint density at radius 2 is 2.15 bits per heavy atom. The van der Waals surface area contributed by atoms with Crippen molar-refractivity contribution in [1.29, 1.82) is 0 Å². The predicted octanol–water partition coefficient (Wildman–Crippen LogP) is 0.683. The van der Waals surface area contributed by atoms with Crippen LogP contribution in [0, 0.1) is 6.92 Å². The van der Waals surface area contributed by atoms with Gasteiger partial charge in [-0.2, -0.15) is 4.98 Å². The molecule has 9 heteroatoms. The van der Waals surface area contributed by atoms with Gasteiger partial charge in [0.05, 0.1) is 6.54 Å². The zero-order chi connectivity index (χ0) is 14.6. The maximum absolute atomic E-state index is 12.0. The van der Waals surface area contributed by atoms with E-state index in [1.807, 2.05) is 6.92 Å². The van der Waals surface area contributed by atoms with E-state index in [0.717, 1.165) is 0 Å². The van der Waals surface area contributed by atoms with E-state index in [0.29, 0.717) is 18.3 Å². The van der Waals surface area contributed by atoms with Gasteiger partial charge in [0.2, 0.25) is 15.9 Å². The molecule has 2 heterocycles.